The van der Waals surface area contributed by atoms with Crippen LogP contribution in [0.3, 0.4) is 0 Å². The van der Waals surface area contributed by atoms with Gasteiger partial charge in [-0.2, -0.15) is 4.31 Å². The van der Waals surface area contributed by atoms with E-state index in [4.69, 9.17) is 0 Å². The van der Waals surface area contributed by atoms with E-state index in [1.54, 1.807) is 0 Å². The summed E-state index contributed by atoms with van der Waals surface area (Å²) in [5, 5.41) is 0. The van der Waals surface area contributed by atoms with Crippen molar-refractivity contribution in [1.29, 1.82) is 0 Å². The molecule has 4 nitrogen and oxygen atoms in total. The minimum absolute atomic E-state index is 0.0735. The highest BCUT2D eigenvalue weighted by molar-refractivity contribution is 7.89. The summed E-state index contributed by atoms with van der Waals surface area (Å²) in [6.07, 6.45) is 0.407. The fourth-order valence-electron chi connectivity index (χ4n) is 2.09. The van der Waals surface area contributed by atoms with Crippen LogP contribution in [-0.4, -0.2) is 30.3 Å². The van der Waals surface area contributed by atoms with Crippen LogP contribution in [0.5, 0.6) is 0 Å². The third-order valence-electron chi connectivity index (χ3n) is 3.00. The number of nitrogens with zero attached hydrogens (tertiary/aromatic N) is 1. The Morgan fingerprint density at radius 2 is 2.00 bits per heavy atom. The number of carbonyl (C=O) groups excluding carboxylic acids is 1. The van der Waals surface area contributed by atoms with Crippen molar-refractivity contribution in [3.05, 3.63) is 35.9 Å². The molecule has 0 N–H and O–H groups in total. The lowest BCUT2D eigenvalue weighted by Gasteiger charge is -2.20. The van der Waals surface area contributed by atoms with E-state index in [-0.39, 0.29) is 18.1 Å². The van der Waals surface area contributed by atoms with Gasteiger partial charge in [-0.1, -0.05) is 30.3 Å². The molecule has 5 heteroatoms. The molecule has 0 bridgehead atoms. The van der Waals surface area contributed by atoms with Gasteiger partial charge in [0.1, 0.15) is 5.78 Å². The number of hydrogen-bond donors (Lipinski definition) is 0. The fourth-order valence-corrected chi connectivity index (χ4v) is 3.84. The Bertz CT molecular complexity index is 510. The summed E-state index contributed by atoms with van der Waals surface area (Å²) in [7, 11) is -3.27. The van der Waals surface area contributed by atoms with Gasteiger partial charge >= 0.3 is 0 Å². The quantitative estimate of drug-likeness (QED) is 0.812. The molecule has 92 valence electrons. The van der Waals surface area contributed by atoms with Crippen LogP contribution in [0.4, 0.5) is 0 Å². The normalized spacial score (nSPS) is 23.7. The summed E-state index contributed by atoms with van der Waals surface area (Å²) >= 11 is 0. The molecule has 0 aliphatic carbocycles. The molecule has 0 amide bonds. The van der Waals surface area contributed by atoms with Crippen LogP contribution in [0.1, 0.15) is 18.9 Å². The highest BCUT2D eigenvalue weighted by Crippen LogP contribution is 2.24. The maximum absolute atomic E-state index is 11.9. The Morgan fingerprint density at radius 1 is 1.35 bits per heavy atom. The van der Waals surface area contributed by atoms with Gasteiger partial charge in [-0.05, 0) is 18.9 Å². The lowest BCUT2D eigenvalue weighted by molar-refractivity contribution is -0.120. The van der Waals surface area contributed by atoms with E-state index in [0.29, 0.717) is 6.42 Å². The van der Waals surface area contributed by atoms with E-state index in [2.05, 4.69) is 0 Å². The molecule has 0 saturated carbocycles. The van der Waals surface area contributed by atoms with Gasteiger partial charge in [0.2, 0.25) is 10.0 Å². The van der Waals surface area contributed by atoms with Crippen molar-refractivity contribution < 1.29 is 13.2 Å². The average Bonchev–Trinajstić information content (AvgIpc) is 2.56. The lowest BCUT2D eigenvalue weighted by Crippen LogP contribution is -2.36. The second-order valence-corrected chi connectivity index (χ2v) is 6.30. The lowest BCUT2D eigenvalue weighted by atomic mass is 10.1. The van der Waals surface area contributed by atoms with Crippen LogP contribution in [0.2, 0.25) is 0 Å². The van der Waals surface area contributed by atoms with Gasteiger partial charge in [-0.15, -0.1) is 0 Å². The molecule has 2 rings (SSSR count). The molecule has 1 heterocycles. The van der Waals surface area contributed by atoms with E-state index in [1.807, 2.05) is 30.3 Å². The highest BCUT2D eigenvalue weighted by atomic mass is 32.2. The number of rotatable bonds is 3. The molecule has 1 unspecified atom stereocenters. The molecule has 1 aromatic carbocycles. The van der Waals surface area contributed by atoms with Crippen LogP contribution in [0.15, 0.2) is 30.3 Å². The van der Waals surface area contributed by atoms with E-state index >= 15 is 0 Å². The van der Waals surface area contributed by atoms with Gasteiger partial charge in [0.05, 0.1) is 11.8 Å². The van der Waals surface area contributed by atoms with Crippen LogP contribution >= 0.6 is 0 Å². The monoisotopic (exact) mass is 253 g/mol. The molecular weight excluding hydrogens is 238 g/mol. The van der Waals surface area contributed by atoms with E-state index in [0.717, 1.165) is 5.56 Å². The predicted molar refractivity (Wildman–Crippen MR) is 64.9 cm³/mol. The van der Waals surface area contributed by atoms with Crippen LogP contribution in [0, 0.1) is 0 Å². The summed E-state index contributed by atoms with van der Waals surface area (Å²) < 4.78 is 25.0. The standard InChI is InChI=1S/C12H15NO3S/c1-10(14)12-7-8-17(15,16)13(12)9-11-5-3-2-4-6-11/h2-6,12H,7-9H2,1H3. The highest BCUT2D eigenvalue weighted by Gasteiger charge is 2.39. The van der Waals surface area contributed by atoms with Crippen molar-refractivity contribution in [3.63, 3.8) is 0 Å². The van der Waals surface area contributed by atoms with Crippen molar-refractivity contribution in [2.75, 3.05) is 5.75 Å². The van der Waals surface area contributed by atoms with Gasteiger partial charge in [-0.3, -0.25) is 4.79 Å². The van der Waals surface area contributed by atoms with Gasteiger partial charge in [0, 0.05) is 6.54 Å². The van der Waals surface area contributed by atoms with Gasteiger partial charge in [-0.25, -0.2) is 8.42 Å². The summed E-state index contributed by atoms with van der Waals surface area (Å²) in [4.78, 5) is 11.4. The predicted octanol–water partition coefficient (Wildman–Crippen LogP) is 1.18. The first-order valence-electron chi connectivity index (χ1n) is 5.54. The van der Waals surface area contributed by atoms with Crippen molar-refractivity contribution in [2.24, 2.45) is 0 Å². The molecule has 0 aromatic heterocycles. The summed E-state index contributed by atoms with van der Waals surface area (Å²) in [5.41, 5.74) is 0.907. The fraction of sp³-hybridized carbons (Fsp3) is 0.417. The first-order valence-corrected chi connectivity index (χ1v) is 7.15. The van der Waals surface area contributed by atoms with Crippen molar-refractivity contribution in [1.82, 2.24) is 4.31 Å². The average molecular weight is 253 g/mol. The number of hydrogen-bond acceptors (Lipinski definition) is 3. The summed E-state index contributed by atoms with van der Waals surface area (Å²) in [6.45, 7) is 1.73. The van der Waals surface area contributed by atoms with Crippen molar-refractivity contribution in [3.8, 4) is 0 Å². The number of sulfonamides is 1. The zero-order chi connectivity index (χ0) is 12.5. The zero-order valence-electron chi connectivity index (χ0n) is 9.67. The Kier molecular flexibility index (Phi) is 3.31. The number of Topliss-reactive ketones (excluding diaryl/α,β-unsaturated/α-hetero) is 1. The molecule has 1 fully saturated rings. The molecular formula is C12H15NO3S. The third kappa shape index (κ3) is 2.56. The first kappa shape index (κ1) is 12.3. The van der Waals surface area contributed by atoms with Gasteiger partial charge < -0.3 is 0 Å². The van der Waals surface area contributed by atoms with E-state index < -0.39 is 16.1 Å². The topological polar surface area (TPSA) is 54.5 Å². The largest absolute Gasteiger partial charge is 0.298 e. The smallest absolute Gasteiger partial charge is 0.215 e. The van der Waals surface area contributed by atoms with Crippen LogP contribution < -0.4 is 0 Å². The Hall–Kier alpha value is -1.20. The maximum Gasteiger partial charge on any atom is 0.215 e. The molecule has 0 spiro atoms. The molecule has 1 aliphatic heterocycles. The number of ketones is 1. The minimum atomic E-state index is -3.27. The zero-order valence-corrected chi connectivity index (χ0v) is 10.5. The molecule has 1 aromatic rings. The maximum atomic E-state index is 11.9. The molecule has 17 heavy (non-hydrogen) atoms. The van der Waals surface area contributed by atoms with Crippen LogP contribution in [-0.2, 0) is 21.4 Å². The van der Waals surface area contributed by atoms with E-state index in [1.165, 1.54) is 11.2 Å². The molecule has 1 atom stereocenters. The van der Waals surface area contributed by atoms with Gasteiger partial charge in [0.15, 0.2) is 0 Å². The molecule has 0 radical (unpaired) electrons. The number of benzene rings is 1. The number of carbonyl (C=O) groups is 1. The third-order valence-corrected chi connectivity index (χ3v) is 4.85. The molecule has 1 aliphatic rings. The Balaban J connectivity index is 2.25. The SMILES string of the molecule is CC(=O)C1CCS(=O)(=O)N1Cc1ccccc1. The second-order valence-electron chi connectivity index (χ2n) is 4.26. The van der Waals surface area contributed by atoms with Gasteiger partial charge in [0.25, 0.3) is 0 Å². The summed E-state index contributed by atoms with van der Waals surface area (Å²) in [5.74, 6) is -0.00798. The van der Waals surface area contributed by atoms with E-state index in [9.17, 15) is 13.2 Å². The summed E-state index contributed by atoms with van der Waals surface area (Å²) in [6, 6.07) is 8.85. The Morgan fingerprint density at radius 3 is 2.59 bits per heavy atom. The molecule has 1 saturated heterocycles. The minimum Gasteiger partial charge on any atom is -0.298 e. The van der Waals surface area contributed by atoms with Crippen molar-refractivity contribution >= 4 is 15.8 Å². The Labute approximate surface area is 101 Å². The van der Waals surface area contributed by atoms with Crippen molar-refractivity contribution in [2.45, 2.75) is 25.9 Å². The van der Waals surface area contributed by atoms with Crippen LogP contribution in [0.25, 0.3) is 0 Å². The second kappa shape index (κ2) is 4.58. The first-order chi connectivity index (χ1) is 8.00.